The number of aromatic nitrogens is 2. The van der Waals surface area contributed by atoms with Crippen molar-refractivity contribution in [3.63, 3.8) is 0 Å². The highest BCUT2D eigenvalue weighted by Crippen LogP contribution is 2.25. The summed E-state index contributed by atoms with van der Waals surface area (Å²) in [6.07, 6.45) is 3.54. The van der Waals surface area contributed by atoms with E-state index < -0.39 is 5.69 Å². The molecule has 0 amide bonds. The van der Waals surface area contributed by atoms with Crippen LogP contribution in [0.15, 0.2) is 17.1 Å². The number of ether oxygens (including phenoxy) is 1. The van der Waals surface area contributed by atoms with Crippen LogP contribution in [0.4, 0.5) is 5.82 Å². The van der Waals surface area contributed by atoms with E-state index in [2.05, 4.69) is 4.98 Å². The summed E-state index contributed by atoms with van der Waals surface area (Å²) in [7, 11) is 0. The number of nitrogens with two attached hydrogens (primary N) is 1. The van der Waals surface area contributed by atoms with Gasteiger partial charge in [0.2, 0.25) is 0 Å². The average molecular weight is 255 g/mol. The van der Waals surface area contributed by atoms with Gasteiger partial charge in [-0.25, -0.2) is 4.79 Å². The van der Waals surface area contributed by atoms with Crippen LogP contribution >= 0.6 is 0 Å². The lowest BCUT2D eigenvalue weighted by molar-refractivity contribution is -0.108. The second-order valence-electron chi connectivity index (χ2n) is 3.87. The molecule has 1 saturated heterocycles. The van der Waals surface area contributed by atoms with E-state index in [1.165, 1.54) is 4.57 Å². The SMILES string of the molecule is CC.Nc1ccn(C2CCCC(CO)O2)c(=O)n1. The second kappa shape index (κ2) is 7.13. The number of nitrogens with zero attached hydrogens (tertiary/aromatic N) is 2. The smallest absolute Gasteiger partial charge is 0.351 e. The van der Waals surface area contributed by atoms with Crippen molar-refractivity contribution in [2.75, 3.05) is 12.3 Å². The van der Waals surface area contributed by atoms with Crippen LogP contribution in [0.1, 0.15) is 39.3 Å². The van der Waals surface area contributed by atoms with Gasteiger partial charge in [0.1, 0.15) is 12.0 Å². The lowest BCUT2D eigenvalue weighted by Crippen LogP contribution is -2.34. The van der Waals surface area contributed by atoms with Gasteiger partial charge in [-0.2, -0.15) is 4.98 Å². The number of hydrogen-bond acceptors (Lipinski definition) is 5. The molecule has 2 unspecified atom stereocenters. The van der Waals surface area contributed by atoms with Crippen LogP contribution in [0, 0.1) is 0 Å². The van der Waals surface area contributed by atoms with Crippen LogP contribution in [-0.4, -0.2) is 27.4 Å². The van der Waals surface area contributed by atoms with Gasteiger partial charge in [0.25, 0.3) is 0 Å². The summed E-state index contributed by atoms with van der Waals surface area (Å²) in [5.74, 6) is 0.204. The van der Waals surface area contributed by atoms with Crippen LogP contribution in [0.5, 0.6) is 0 Å². The molecule has 1 fully saturated rings. The van der Waals surface area contributed by atoms with E-state index in [0.29, 0.717) is 0 Å². The number of anilines is 1. The Hall–Kier alpha value is -1.40. The highest BCUT2D eigenvalue weighted by Gasteiger charge is 2.23. The maximum Gasteiger partial charge on any atom is 0.351 e. The molecule has 102 valence electrons. The van der Waals surface area contributed by atoms with E-state index in [1.54, 1.807) is 12.3 Å². The predicted octanol–water partition coefficient (Wildman–Crippen LogP) is 0.912. The summed E-state index contributed by atoms with van der Waals surface area (Å²) in [4.78, 5) is 15.2. The first kappa shape index (κ1) is 14.7. The van der Waals surface area contributed by atoms with Gasteiger partial charge in [0.15, 0.2) is 0 Å². The van der Waals surface area contributed by atoms with Gasteiger partial charge in [0, 0.05) is 6.20 Å². The Morgan fingerprint density at radius 2 is 2.28 bits per heavy atom. The molecule has 0 aliphatic carbocycles. The Morgan fingerprint density at radius 3 is 2.89 bits per heavy atom. The summed E-state index contributed by atoms with van der Waals surface area (Å²) in [6.45, 7) is 3.98. The molecular weight excluding hydrogens is 234 g/mol. The molecule has 1 aromatic heterocycles. The number of rotatable bonds is 2. The molecule has 0 radical (unpaired) electrons. The van der Waals surface area contributed by atoms with Crippen LogP contribution in [0.25, 0.3) is 0 Å². The lowest BCUT2D eigenvalue weighted by atomic mass is 10.1. The van der Waals surface area contributed by atoms with Crippen molar-refractivity contribution >= 4 is 5.82 Å². The Kier molecular flexibility index (Phi) is 5.80. The first-order chi connectivity index (χ1) is 8.70. The predicted molar refractivity (Wildman–Crippen MR) is 69.1 cm³/mol. The first-order valence-electron chi connectivity index (χ1n) is 6.31. The fourth-order valence-electron chi connectivity index (χ4n) is 1.86. The van der Waals surface area contributed by atoms with Gasteiger partial charge in [-0.15, -0.1) is 0 Å². The number of aliphatic hydroxyl groups is 1. The molecule has 0 bridgehead atoms. The van der Waals surface area contributed by atoms with Gasteiger partial charge < -0.3 is 15.6 Å². The quantitative estimate of drug-likeness (QED) is 0.819. The zero-order valence-electron chi connectivity index (χ0n) is 10.9. The molecule has 1 aliphatic heterocycles. The van der Waals surface area contributed by atoms with E-state index in [0.717, 1.165) is 19.3 Å². The van der Waals surface area contributed by atoms with Crippen molar-refractivity contribution < 1.29 is 9.84 Å². The van der Waals surface area contributed by atoms with Crippen molar-refractivity contribution in [2.24, 2.45) is 0 Å². The maximum atomic E-state index is 11.6. The summed E-state index contributed by atoms with van der Waals surface area (Å²) < 4.78 is 6.99. The monoisotopic (exact) mass is 255 g/mol. The topological polar surface area (TPSA) is 90.4 Å². The third kappa shape index (κ3) is 3.54. The average Bonchev–Trinajstić information content (AvgIpc) is 2.41. The second-order valence-corrected chi connectivity index (χ2v) is 3.87. The highest BCUT2D eigenvalue weighted by atomic mass is 16.5. The Bertz CT molecular complexity index is 419. The molecule has 1 aromatic rings. The highest BCUT2D eigenvalue weighted by molar-refractivity contribution is 5.23. The molecule has 2 rings (SSSR count). The first-order valence-corrected chi connectivity index (χ1v) is 6.31. The maximum absolute atomic E-state index is 11.6. The minimum atomic E-state index is -0.413. The normalized spacial score (nSPS) is 23.1. The Labute approximate surface area is 106 Å². The van der Waals surface area contributed by atoms with Crippen molar-refractivity contribution in [3.05, 3.63) is 22.7 Å². The lowest BCUT2D eigenvalue weighted by Gasteiger charge is -2.29. The molecule has 2 heterocycles. The third-order valence-electron chi connectivity index (χ3n) is 2.69. The van der Waals surface area contributed by atoms with E-state index >= 15 is 0 Å². The molecule has 2 atom stereocenters. The standard InChI is InChI=1S/C10H15N3O3.C2H6/c11-8-4-5-13(10(15)12-8)9-3-1-2-7(6-14)16-9;1-2/h4-5,7,9,14H,1-3,6H2,(H2,11,12,15);1-2H3. The van der Waals surface area contributed by atoms with Crippen molar-refractivity contribution in [3.8, 4) is 0 Å². The molecule has 6 nitrogen and oxygen atoms in total. The van der Waals surface area contributed by atoms with E-state index in [1.807, 2.05) is 13.8 Å². The van der Waals surface area contributed by atoms with E-state index in [4.69, 9.17) is 15.6 Å². The van der Waals surface area contributed by atoms with Crippen LogP contribution in [0.3, 0.4) is 0 Å². The third-order valence-corrected chi connectivity index (χ3v) is 2.69. The van der Waals surface area contributed by atoms with E-state index in [-0.39, 0.29) is 24.8 Å². The number of hydrogen-bond donors (Lipinski definition) is 2. The van der Waals surface area contributed by atoms with Crippen molar-refractivity contribution in [2.45, 2.75) is 45.4 Å². The molecule has 1 aliphatic rings. The minimum Gasteiger partial charge on any atom is -0.394 e. The molecule has 0 saturated carbocycles. The van der Waals surface area contributed by atoms with Gasteiger partial charge in [-0.1, -0.05) is 13.8 Å². The van der Waals surface area contributed by atoms with Crippen LogP contribution in [-0.2, 0) is 4.74 Å². The fraction of sp³-hybridized carbons (Fsp3) is 0.667. The molecule has 3 N–H and O–H groups in total. The van der Waals surface area contributed by atoms with Gasteiger partial charge in [-0.3, -0.25) is 4.57 Å². The van der Waals surface area contributed by atoms with Crippen LogP contribution in [0.2, 0.25) is 0 Å². The molecule has 0 spiro atoms. The summed E-state index contributed by atoms with van der Waals surface area (Å²) in [6, 6.07) is 1.56. The Balaban J connectivity index is 0.000000771. The molecule has 6 heteroatoms. The summed E-state index contributed by atoms with van der Waals surface area (Å²) >= 11 is 0. The van der Waals surface area contributed by atoms with Gasteiger partial charge in [-0.05, 0) is 25.3 Å². The molecule has 0 aromatic carbocycles. The minimum absolute atomic E-state index is 0.0202. The summed E-state index contributed by atoms with van der Waals surface area (Å²) in [5, 5.41) is 9.02. The zero-order valence-corrected chi connectivity index (χ0v) is 10.9. The molecule has 18 heavy (non-hydrogen) atoms. The largest absolute Gasteiger partial charge is 0.394 e. The Morgan fingerprint density at radius 1 is 1.56 bits per heavy atom. The van der Waals surface area contributed by atoms with E-state index in [9.17, 15) is 4.79 Å². The number of nitrogen functional groups attached to an aromatic ring is 1. The van der Waals surface area contributed by atoms with Crippen molar-refractivity contribution in [1.82, 2.24) is 9.55 Å². The molecular formula is C12H21N3O3. The van der Waals surface area contributed by atoms with Gasteiger partial charge >= 0.3 is 5.69 Å². The van der Waals surface area contributed by atoms with Crippen LogP contribution < -0.4 is 11.4 Å². The summed E-state index contributed by atoms with van der Waals surface area (Å²) in [5.41, 5.74) is 4.99. The van der Waals surface area contributed by atoms with Gasteiger partial charge in [0.05, 0.1) is 12.7 Å². The number of aliphatic hydroxyl groups excluding tert-OH is 1. The fourth-order valence-corrected chi connectivity index (χ4v) is 1.86. The zero-order chi connectivity index (χ0) is 13.5. The van der Waals surface area contributed by atoms with Crippen molar-refractivity contribution in [1.29, 1.82) is 0 Å².